The molecular weight excluding hydrogens is 265 g/mol. The zero-order valence-electron chi connectivity index (χ0n) is 11.8. The van der Waals surface area contributed by atoms with Crippen molar-refractivity contribution in [1.29, 1.82) is 0 Å². The summed E-state index contributed by atoms with van der Waals surface area (Å²) in [6.45, 7) is 4.38. The van der Waals surface area contributed by atoms with Crippen LogP contribution in [0.15, 0.2) is 42.9 Å². The second kappa shape index (κ2) is 5.72. The molecule has 1 unspecified atom stereocenters. The Kier molecular flexibility index (Phi) is 3.79. The molecule has 4 heteroatoms. The molecule has 0 aliphatic heterocycles. The molecular formula is C16H18N3P. The number of rotatable bonds is 4. The number of aryl methyl sites for hydroxylation is 1. The Morgan fingerprint density at radius 1 is 1.25 bits per heavy atom. The van der Waals surface area contributed by atoms with Gasteiger partial charge in [-0.25, -0.2) is 4.52 Å². The minimum atomic E-state index is 0.744. The Hall–Kier alpha value is -1.73. The predicted octanol–water partition coefficient (Wildman–Crippen LogP) is 3.28. The Morgan fingerprint density at radius 3 is 2.95 bits per heavy atom. The summed E-state index contributed by atoms with van der Waals surface area (Å²) in [5, 5.41) is 5.77. The van der Waals surface area contributed by atoms with E-state index in [1.807, 2.05) is 23.0 Å². The highest BCUT2D eigenvalue weighted by Gasteiger charge is 2.08. The average Bonchev–Trinajstić information content (AvgIpc) is 2.90. The number of aromatic nitrogens is 3. The van der Waals surface area contributed by atoms with Gasteiger partial charge in [0.1, 0.15) is 0 Å². The quantitative estimate of drug-likeness (QED) is 0.688. The van der Waals surface area contributed by atoms with Gasteiger partial charge in [-0.05, 0) is 42.2 Å². The molecule has 0 aromatic carbocycles. The van der Waals surface area contributed by atoms with E-state index in [2.05, 4.69) is 48.1 Å². The molecule has 102 valence electrons. The van der Waals surface area contributed by atoms with Gasteiger partial charge in [-0.1, -0.05) is 28.0 Å². The lowest BCUT2D eigenvalue weighted by Crippen LogP contribution is -2.02. The second-order valence-electron chi connectivity index (χ2n) is 4.82. The van der Waals surface area contributed by atoms with Crippen LogP contribution in [0.25, 0.3) is 16.8 Å². The summed E-state index contributed by atoms with van der Waals surface area (Å²) in [7, 11) is 0.744. The van der Waals surface area contributed by atoms with E-state index in [-0.39, 0.29) is 0 Å². The van der Waals surface area contributed by atoms with Crippen molar-refractivity contribution in [3.63, 3.8) is 0 Å². The normalized spacial score (nSPS) is 11.7. The van der Waals surface area contributed by atoms with Crippen molar-refractivity contribution in [1.82, 2.24) is 14.6 Å². The molecule has 0 bridgehead atoms. The molecule has 0 radical (unpaired) electrons. The van der Waals surface area contributed by atoms with Gasteiger partial charge in [-0.15, -0.1) is 0 Å². The fourth-order valence-electron chi connectivity index (χ4n) is 2.48. The summed E-state index contributed by atoms with van der Waals surface area (Å²) in [6, 6.07) is 8.46. The van der Waals surface area contributed by atoms with Crippen molar-refractivity contribution < 1.29 is 0 Å². The maximum absolute atomic E-state index is 4.54. The third kappa shape index (κ3) is 2.34. The second-order valence-corrected chi connectivity index (χ2v) is 5.86. The lowest BCUT2D eigenvalue weighted by atomic mass is 10.1. The van der Waals surface area contributed by atoms with E-state index in [1.165, 1.54) is 16.4 Å². The summed E-state index contributed by atoms with van der Waals surface area (Å²) in [5.41, 5.74) is 4.72. The highest BCUT2D eigenvalue weighted by Crippen LogP contribution is 2.22. The smallest absolute Gasteiger partial charge is 0.0791 e. The molecule has 0 saturated heterocycles. The molecule has 3 nitrogen and oxygen atoms in total. The van der Waals surface area contributed by atoms with Crippen LogP contribution in [-0.2, 0) is 6.42 Å². The van der Waals surface area contributed by atoms with Crippen LogP contribution in [0.3, 0.4) is 0 Å². The summed E-state index contributed by atoms with van der Waals surface area (Å²) in [6.07, 6.45) is 8.14. The van der Waals surface area contributed by atoms with Gasteiger partial charge in [0.05, 0.1) is 17.4 Å². The Morgan fingerprint density at radius 2 is 2.15 bits per heavy atom. The van der Waals surface area contributed by atoms with Crippen LogP contribution >= 0.6 is 8.58 Å². The SMILES string of the molecule is CCCc1cnn2cc(-c3ncccc3PC)ccc12. The van der Waals surface area contributed by atoms with E-state index < -0.39 is 0 Å². The zero-order valence-corrected chi connectivity index (χ0v) is 12.8. The van der Waals surface area contributed by atoms with Crippen LogP contribution < -0.4 is 5.30 Å². The van der Waals surface area contributed by atoms with E-state index in [9.17, 15) is 0 Å². The van der Waals surface area contributed by atoms with E-state index in [1.54, 1.807) is 0 Å². The third-order valence-electron chi connectivity index (χ3n) is 3.47. The van der Waals surface area contributed by atoms with Crippen molar-refractivity contribution in [2.75, 3.05) is 6.66 Å². The van der Waals surface area contributed by atoms with Crippen LogP contribution in [0.1, 0.15) is 18.9 Å². The third-order valence-corrected chi connectivity index (χ3v) is 4.41. The van der Waals surface area contributed by atoms with Crippen molar-refractivity contribution >= 4 is 19.4 Å². The topological polar surface area (TPSA) is 30.2 Å². The number of fused-ring (bicyclic) bond motifs is 1. The van der Waals surface area contributed by atoms with E-state index in [0.717, 1.165) is 32.7 Å². The lowest BCUT2D eigenvalue weighted by molar-refractivity contribution is 0.929. The maximum Gasteiger partial charge on any atom is 0.0791 e. The summed E-state index contributed by atoms with van der Waals surface area (Å²) in [4.78, 5) is 4.54. The molecule has 3 aromatic rings. The molecule has 3 aromatic heterocycles. The number of nitrogens with zero attached hydrogens (tertiary/aromatic N) is 3. The van der Waals surface area contributed by atoms with Crippen LogP contribution in [0.2, 0.25) is 0 Å². The number of hydrogen-bond acceptors (Lipinski definition) is 2. The molecule has 0 fully saturated rings. The van der Waals surface area contributed by atoms with Crippen LogP contribution in [0, 0.1) is 0 Å². The van der Waals surface area contributed by atoms with Crippen molar-refractivity contribution in [2.24, 2.45) is 0 Å². The first-order chi connectivity index (χ1) is 9.83. The van der Waals surface area contributed by atoms with Crippen LogP contribution in [0.4, 0.5) is 0 Å². The first-order valence-corrected chi connectivity index (χ1v) is 8.43. The fraction of sp³-hybridized carbons (Fsp3) is 0.250. The van der Waals surface area contributed by atoms with Gasteiger partial charge in [0, 0.05) is 18.0 Å². The molecule has 1 atom stereocenters. The fourth-order valence-corrected chi connectivity index (χ4v) is 3.18. The summed E-state index contributed by atoms with van der Waals surface area (Å²) >= 11 is 0. The van der Waals surface area contributed by atoms with Gasteiger partial charge in [0.25, 0.3) is 0 Å². The largest absolute Gasteiger partial charge is 0.256 e. The highest BCUT2D eigenvalue weighted by molar-refractivity contribution is 7.46. The highest BCUT2D eigenvalue weighted by atomic mass is 31.1. The summed E-state index contributed by atoms with van der Waals surface area (Å²) < 4.78 is 1.97. The standard InChI is InChI=1S/C16H18N3P/c1-3-5-12-10-18-19-11-13(7-8-14(12)19)16-15(20-2)6-4-9-17-16/h4,6-11,20H,3,5H2,1-2H3. The Balaban J connectivity index is 2.09. The predicted molar refractivity (Wildman–Crippen MR) is 86.3 cm³/mol. The number of hydrogen-bond donors (Lipinski definition) is 0. The molecule has 3 rings (SSSR count). The molecule has 0 N–H and O–H groups in total. The Labute approximate surface area is 120 Å². The monoisotopic (exact) mass is 283 g/mol. The Bertz CT molecular complexity index is 733. The summed E-state index contributed by atoms with van der Waals surface area (Å²) in [5.74, 6) is 0. The molecule has 0 aliphatic rings. The van der Waals surface area contributed by atoms with E-state index >= 15 is 0 Å². The van der Waals surface area contributed by atoms with Crippen molar-refractivity contribution in [3.8, 4) is 11.3 Å². The van der Waals surface area contributed by atoms with Crippen LogP contribution in [-0.4, -0.2) is 21.3 Å². The van der Waals surface area contributed by atoms with Gasteiger partial charge in [-0.2, -0.15) is 5.10 Å². The number of pyridine rings is 2. The van der Waals surface area contributed by atoms with Gasteiger partial charge in [0.15, 0.2) is 0 Å². The van der Waals surface area contributed by atoms with Gasteiger partial charge >= 0.3 is 0 Å². The minimum absolute atomic E-state index is 0.744. The first kappa shape index (κ1) is 13.3. The van der Waals surface area contributed by atoms with E-state index in [4.69, 9.17) is 0 Å². The first-order valence-electron chi connectivity index (χ1n) is 6.93. The minimum Gasteiger partial charge on any atom is -0.256 e. The van der Waals surface area contributed by atoms with Gasteiger partial charge in [-0.3, -0.25) is 4.98 Å². The molecule has 0 aliphatic carbocycles. The van der Waals surface area contributed by atoms with E-state index in [0.29, 0.717) is 0 Å². The van der Waals surface area contributed by atoms with Gasteiger partial charge < -0.3 is 0 Å². The van der Waals surface area contributed by atoms with Crippen molar-refractivity contribution in [2.45, 2.75) is 19.8 Å². The molecule has 20 heavy (non-hydrogen) atoms. The van der Waals surface area contributed by atoms with Crippen LogP contribution in [0.5, 0.6) is 0 Å². The molecule has 0 amide bonds. The van der Waals surface area contributed by atoms with Gasteiger partial charge in [0.2, 0.25) is 0 Å². The zero-order chi connectivity index (χ0) is 13.9. The maximum atomic E-state index is 4.54. The average molecular weight is 283 g/mol. The molecule has 3 heterocycles. The lowest BCUT2D eigenvalue weighted by Gasteiger charge is -2.07. The van der Waals surface area contributed by atoms with Crippen molar-refractivity contribution in [3.05, 3.63) is 48.4 Å². The molecule has 0 spiro atoms. The molecule has 0 saturated carbocycles.